The number of alkyl halides is 3. The second-order valence-corrected chi connectivity index (χ2v) is 14.0. The van der Waals surface area contributed by atoms with Crippen molar-refractivity contribution < 1.29 is 26.4 Å². The SMILES string of the molecule is CC(C)(C)NCc1ccc2c(c1)CCCC2N1CCCCC1(CC(N)=O)S(=O)(=O)c1ccccc1C(F)(F)F. The first kappa shape index (κ1) is 29.6. The zero-order valence-electron chi connectivity index (χ0n) is 22.8. The van der Waals surface area contributed by atoms with Crippen LogP contribution in [-0.4, -0.2) is 36.2 Å². The lowest BCUT2D eigenvalue weighted by Crippen LogP contribution is -2.60. The number of likely N-dealkylation sites (tertiary alicyclic amines) is 1. The Kier molecular flexibility index (Phi) is 8.23. The quantitative estimate of drug-likeness (QED) is 0.463. The highest BCUT2D eigenvalue weighted by atomic mass is 32.2. The minimum atomic E-state index is -4.87. The Labute approximate surface area is 229 Å². The lowest BCUT2D eigenvalue weighted by atomic mass is 9.83. The molecule has 2 atom stereocenters. The van der Waals surface area contributed by atoms with E-state index in [2.05, 4.69) is 32.2 Å². The standard InChI is InChI=1S/C29H38F3N3O3S/c1-27(2,3)34-19-20-13-14-22-21(17-20)9-8-11-24(22)35-16-7-6-15-28(35,18-26(33)36)39(37,38)25-12-5-4-10-23(25)29(30,31)32/h4-5,10,12-14,17,24,34H,6-9,11,15-16,18-19H2,1-3H3,(H2,33,36). The minimum absolute atomic E-state index is 0.0316. The molecule has 0 radical (unpaired) electrons. The fourth-order valence-electron chi connectivity index (χ4n) is 6.10. The summed E-state index contributed by atoms with van der Waals surface area (Å²) in [7, 11) is -4.67. The number of sulfone groups is 1. The molecule has 3 N–H and O–H groups in total. The predicted molar refractivity (Wildman–Crippen MR) is 144 cm³/mol. The van der Waals surface area contributed by atoms with Crippen molar-refractivity contribution in [3.05, 3.63) is 64.7 Å². The summed E-state index contributed by atoms with van der Waals surface area (Å²) in [6.45, 7) is 7.30. The van der Waals surface area contributed by atoms with Gasteiger partial charge in [0.25, 0.3) is 0 Å². The van der Waals surface area contributed by atoms with Gasteiger partial charge < -0.3 is 11.1 Å². The molecule has 1 amide bonds. The van der Waals surface area contributed by atoms with Crippen molar-refractivity contribution in [1.82, 2.24) is 10.2 Å². The van der Waals surface area contributed by atoms with E-state index in [-0.39, 0.29) is 18.0 Å². The van der Waals surface area contributed by atoms with Gasteiger partial charge in [-0.25, -0.2) is 8.42 Å². The molecule has 1 saturated heterocycles. The lowest BCUT2D eigenvalue weighted by Gasteiger charge is -2.51. The highest BCUT2D eigenvalue weighted by Crippen LogP contribution is 2.49. The molecule has 10 heteroatoms. The Morgan fingerprint density at radius 1 is 1.10 bits per heavy atom. The number of nitrogens with one attached hydrogen (secondary N) is 1. The van der Waals surface area contributed by atoms with Gasteiger partial charge in [0.2, 0.25) is 5.91 Å². The number of rotatable bonds is 7. The fourth-order valence-corrected chi connectivity index (χ4v) is 8.51. The Morgan fingerprint density at radius 3 is 2.49 bits per heavy atom. The molecule has 1 heterocycles. The molecule has 1 aliphatic carbocycles. The molecule has 0 aromatic heterocycles. The van der Waals surface area contributed by atoms with Crippen LogP contribution in [0.4, 0.5) is 13.2 Å². The molecule has 2 aromatic rings. The van der Waals surface area contributed by atoms with Crippen LogP contribution in [0.1, 0.15) is 87.6 Å². The molecule has 6 nitrogen and oxygen atoms in total. The van der Waals surface area contributed by atoms with Gasteiger partial charge in [0.1, 0.15) is 4.87 Å². The zero-order chi connectivity index (χ0) is 28.6. The molecule has 39 heavy (non-hydrogen) atoms. The van der Waals surface area contributed by atoms with Crippen molar-refractivity contribution in [2.75, 3.05) is 6.54 Å². The Morgan fingerprint density at radius 2 is 1.82 bits per heavy atom. The monoisotopic (exact) mass is 565 g/mol. The number of fused-ring (bicyclic) bond motifs is 1. The number of amides is 1. The van der Waals surface area contributed by atoms with Crippen LogP contribution in [0.3, 0.4) is 0 Å². The normalized spacial score (nSPS) is 22.9. The summed E-state index contributed by atoms with van der Waals surface area (Å²) < 4.78 is 70.7. The van der Waals surface area contributed by atoms with Crippen molar-refractivity contribution in [3.63, 3.8) is 0 Å². The van der Waals surface area contributed by atoms with Gasteiger partial charge in [-0.15, -0.1) is 0 Å². The summed E-state index contributed by atoms with van der Waals surface area (Å²) in [4.78, 5) is 11.5. The third-order valence-electron chi connectivity index (χ3n) is 7.86. The van der Waals surface area contributed by atoms with E-state index in [1.54, 1.807) is 4.90 Å². The highest BCUT2D eigenvalue weighted by molar-refractivity contribution is 7.92. The molecule has 1 aliphatic heterocycles. The molecule has 1 fully saturated rings. The molecule has 0 spiro atoms. The molecular weight excluding hydrogens is 527 g/mol. The molecule has 2 aromatic carbocycles. The molecule has 2 aliphatic rings. The van der Waals surface area contributed by atoms with Gasteiger partial charge in [-0.05, 0) is 88.1 Å². The molecule has 4 rings (SSSR count). The molecule has 2 unspecified atom stereocenters. The second-order valence-electron chi connectivity index (χ2n) is 11.8. The zero-order valence-corrected chi connectivity index (χ0v) is 23.6. The summed E-state index contributed by atoms with van der Waals surface area (Å²) in [6.07, 6.45) is -1.99. The van der Waals surface area contributed by atoms with Gasteiger partial charge in [0, 0.05) is 24.7 Å². The topological polar surface area (TPSA) is 92.5 Å². The van der Waals surface area contributed by atoms with Gasteiger partial charge in [0.15, 0.2) is 9.84 Å². The fraction of sp³-hybridized carbons (Fsp3) is 0.552. The first-order chi connectivity index (χ1) is 18.2. The number of piperidine rings is 1. The van der Waals surface area contributed by atoms with Crippen molar-refractivity contribution in [2.24, 2.45) is 5.73 Å². The third kappa shape index (κ3) is 6.02. The van der Waals surface area contributed by atoms with Crippen molar-refractivity contribution in [2.45, 2.75) is 99.8 Å². The summed E-state index contributed by atoms with van der Waals surface area (Å²) in [5.74, 6) is -0.852. The number of carbonyl (C=O) groups is 1. The van der Waals surface area contributed by atoms with E-state index in [0.717, 1.165) is 41.7 Å². The van der Waals surface area contributed by atoms with E-state index < -0.39 is 43.7 Å². The molecule has 0 bridgehead atoms. The van der Waals surface area contributed by atoms with Crippen LogP contribution in [0.25, 0.3) is 0 Å². The number of hydrogen-bond donors (Lipinski definition) is 2. The number of aryl methyl sites for hydroxylation is 1. The number of hydrogen-bond acceptors (Lipinski definition) is 5. The van der Waals surface area contributed by atoms with Crippen molar-refractivity contribution in [1.29, 1.82) is 0 Å². The Bertz CT molecular complexity index is 1320. The molecule has 214 valence electrons. The first-order valence-electron chi connectivity index (χ1n) is 13.5. The van der Waals surface area contributed by atoms with Crippen LogP contribution in [0.15, 0.2) is 47.4 Å². The van der Waals surface area contributed by atoms with Crippen LogP contribution >= 0.6 is 0 Å². The largest absolute Gasteiger partial charge is 0.417 e. The van der Waals surface area contributed by atoms with Gasteiger partial charge in [-0.3, -0.25) is 9.69 Å². The Hall–Kier alpha value is -2.43. The number of primary amides is 1. The number of nitrogens with zero attached hydrogens (tertiary/aromatic N) is 1. The summed E-state index contributed by atoms with van der Waals surface area (Å²) >= 11 is 0. The van der Waals surface area contributed by atoms with E-state index in [1.807, 2.05) is 12.1 Å². The maximum absolute atomic E-state index is 14.4. The summed E-state index contributed by atoms with van der Waals surface area (Å²) in [5.41, 5.74) is 7.53. The predicted octanol–water partition coefficient (Wildman–Crippen LogP) is 5.50. The number of halogens is 3. The maximum atomic E-state index is 14.4. The maximum Gasteiger partial charge on any atom is 0.417 e. The van der Waals surface area contributed by atoms with E-state index in [1.165, 1.54) is 12.1 Å². The van der Waals surface area contributed by atoms with Crippen LogP contribution in [0.2, 0.25) is 0 Å². The average molecular weight is 566 g/mol. The van der Waals surface area contributed by atoms with Crippen LogP contribution in [-0.2, 0) is 33.8 Å². The van der Waals surface area contributed by atoms with E-state index in [0.29, 0.717) is 32.4 Å². The average Bonchev–Trinajstić information content (AvgIpc) is 2.86. The molecular formula is C29H38F3N3O3S. The van der Waals surface area contributed by atoms with Crippen molar-refractivity contribution in [3.8, 4) is 0 Å². The first-order valence-corrected chi connectivity index (χ1v) is 15.0. The van der Waals surface area contributed by atoms with Crippen LogP contribution in [0.5, 0.6) is 0 Å². The minimum Gasteiger partial charge on any atom is -0.370 e. The van der Waals surface area contributed by atoms with Crippen LogP contribution in [0, 0.1) is 0 Å². The van der Waals surface area contributed by atoms with Gasteiger partial charge >= 0.3 is 6.18 Å². The number of carbonyl (C=O) groups excluding carboxylic acids is 1. The summed E-state index contributed by atoms with van der Waals surface area (Å²) in [5, 5.41) is 3.48. The van der Waals surface area contributed by atoms with E-state index >= 15 is 0 Å². The van der Waals surface area contributed by atoms with Gasteiger partial charge in [0.05, 0.1) is 16.9 Å². The van der Waals surface area contributed by atoms with Gasteiger partial charge in [-0.2, -0.15) is 13.2 Å². The smallest absolute Gasteiger partial charge is 0.370 e. The lowest BCUT2D eigenvalue weighted by molar-refractivity contribution is -0.139. The summed E-state index contributed by atoms with van der Waals surface area (Å²) in [6, 6.07) is 10.0. The second kappa shape index (κ2) is 10.9. The highest BCUT2D eigenvalue weighted by Gasteiger charge is 2.55. The van der Waals surface area contributed by atoms with E-state index in [4.69, 9.17) is 5.73 Å². The van der Waals surface area contributed by atoms with Gasteiger partial charge in [-0.1, -0.05) is 30.3 Å². The Balaban J connectivity index is 1.82. The molecule has 0 saturated carbocycles. The third-order valence-corrected chi connectivity index (χ3v) is 10.4. The van der Waals surface area contributed by atoms with Crippen molar-refractivity contribution >= 4 is 15.7 Å². The van der Waals surface area contributed by atoms with Crippen LogP contribution < -0.4 is 11.1 Å². The number of benzene rings is 2. The number of nitrogens with two attached hydrogens (primary N) is 1. The van der Waals surface area contributed by atoms with E-state index in [9.17, 15) is 26.4 Å².